The van der Waals surface area contributed by atoms with Gasteiger partial charge in [-0.3, -0.25) is 5.84 Å². The first-order chi connectivity index (χ1) is 8.52. The lowest BCUT2D eigenvalue weighted by molar-refractivity contribution is -0.137. The molecule has 0 aliphatic heterocycles. The third kappa shape index (κ3) is 2.63. The van der Waals surface area contributed by atoms with Crippen LogP contribution in [0.15, 0.2) is 24.7 Å². The minimum Gasteiger partial charge on any atom is -0.270 e. The van der Waals surface area contributed by atoms with E-state index in [1.165, 1.54) is 12.4 Å². The van der Waals surface area contributed by atoms with Gasteiger partial charge in [-0.05, 0) is 6.07 Å². The summed E-state index contributed by atoms with van der Waals surface area (Å²) in [4.78, 5) is 11.5. The Morgan fingerprint density at radius 1 is 1.22 bits per heavy atom. The highest BCUT2D eigenvalue weighted by Gasteiger charge is 2.35. The lowest BCUT2D eigenvalue weighted by Crippen LogP contribution is -2.29. The lowest BCUT2D eigenvalue weighted by atomic mass is 10.2. The molecule has 0 fully saturated rings. The van der Waals surface area contributed by atoms with Crippen LogP contribution in [0.2, 0.25) is 0 Å². The fourth-order valence-electron chi connectivity index (χ4n) is 1.29. The number of hydrazine groups is 1. The molecular formula is C9H8F3N5S. The summed E-state index contributed by atoms with van der Waals surface area (Å²) in [5.74, 6) is 5.61. The molecule has 2 heterocycles. The summed E-state index contributed by atoms with van der Waals surface area (Å²) in [6.07, 6.45) is -0.370. The van der Waals surface area contributed by atoms with E-state index in [4.69, 9.17) is 5.84 Å². The molecule has 96 valence electrons. The molecule has 0 aromatic carbocycles. The van der Waals surface area contributed by atoms with Gasteiger partial charge < -0.3 is 0 Å². The second-order valence-electron chi connectivity index (χ2n) is 3.27. The molecular weight excluding hydrogens is 267 g/mol. The van der Waals surface area contributed by atoms with Crippen molar-refractivity contribution >= 4 is 11.3 Å². The summed E-state index contributed by atoms with van der Waals surface area (Å²) >= 11 is 0.509. The Labute approximate surface area is 104 Å². The van der Waals surface area contributed by atoms with Gasteiger partial charge in [0.15, 0.2) is 10.8 Å². The Bertz CT molecular complexity index is 512. The fraction of sp³-hybridized carbons (Fsp3) is 0.222. The normalized spacial score (nSPS) is 13.6. The molecule has 0 aliphatic carbocycles. The first kappa shape index (κ1) is 12.9. The quantitative estimate of drug-likeness (QED) is 0.656. The smallest absolute Gasteiger partial charge is 0.270 e. The van der Waals surface area contributed by atoms with Crippen molar-refractivity contribution < 1.29 is 13.2 Å². The summed E-state index contributed by atoms with van der Waals surface area (Å²) in [6.45, 7) is 0. The van der Waals surface area contributed by atoms with Gasteiger partial charge in [0.1, 0.15) is 6.04 Å². The van der Waals surface area contributed by atoms with Crippen molar-refractivity contribution in [2.45, 2.75) is 12.2 Å². The second kappa shape index (κ2) is 4.96. The maximum atomic E-state index is 12.4. The molecule has 0 aliphatic rings. The molecule has 0 radical (unpaired) electrons. The van der Waals surface area contributed by atoms with Crippen LogP contribution in [0.25, 0.3) is 0 Å². The molecule has 2 rings (SSSR count). The minimum atomic E-state index is -4.46. The van der Waals surface area contributed by atoms with E-state index in [9.17, 15) is 13.2 Å². The van der Waals surface area contributed by atoms with Crippen LogP contribution in [0.3, 0.4) is 0 Å². The van der Waals surface area contributed by atoms with Crippen molar-refractivity contribution in [2.75, 3.05) is 0 Å². The zero-order chi connectivity index (χ0) is 13.2. The highest BCUT2D eigenvalue weighted by molar-refractivity contribution is 7.11. The van der Waals surface area contributed by atoms with Crippen molar-refractivity contribution in [1.29, 1.82) is 0 Å². The molecule has 0 saturated carbocycles. The van der Waals surface area contributed by atoms with E-state index in [0.29, 0.717) is 16.2 Å². The van der Waals surface area contributed by atoms with Gasteiger partial charge in [-0.15, -0.1) is 11.3 Å². The van der Waals surface area contributed by atoms with E-state index >= 15 is 0 Å². The van der Waals surface area contributed by atoms with Crippen LogP contribution in [0.1, 0.15) is 21.8 Å². The van der Waals surface area contributed by atoms with Gasteiger partial charge in [-0.1, -0.05) is 0 Å². The van der Waals surface area contributed by atoms with Crippen LogP contribution < -0.4 is 11.3 Å². The minimum absolute atomic E-state index is 0.289. The van der Waals surface area contributed by atoms with Crippen LogP contribution in [0, 0.1) is 0 Å². The van der Waals surface area contributed by atoms with Crippen LogP contribution >= 0.6 is 11.3 Å². The van der Waals surface area contributed by atoms with E-state index in [2.05, 4.69) is 20.4 Å². The van der Waals surface area contributed by atoms with Gasteiger partial charge in [-0.25, -0.2) is 20.4 Å². The number of nitrogens with one attached hydrogen (secondary N) is 1. The third-order valence-corrected chi connectivity index (χ3v) is 3.17. The molecule has 0 amide bonds. The number of hydrogen-bond acceptors (Lipinski definition) is 6. The Hall–Kier alpha value is -1.58. The molecule has 9 heteroatoms. The first-order valence-electron chi connectivity index (χ1n) is 4.78. The Kier molecular flexibility index (Phi) is 3.55. The van der Waals surface area contributed by atoms with E-state index < -0.39 is 17.2 Å². The predicted molar refractivity (Wildman–Crippen MR) is 58.3 cm³/mol. The van der Waals surface area contributed by atoms with Crippen LogP contribution in [-0.2, 0) is 6.18 Å². The fourth-order valence-corrected chi connectivity index (χ4v) is 2.14. The molecule has 0 saturated heterocycles. The van der Waals surface area contributed by atoms with Crippen molar-refractivity contribution in [3.63, 3.8) is 0 Å². The van der Waals surface area contributed by atoms with E-state index in [1.807, 2.05) is 0 Å². The number of halogens is 3. The van der Waals surface area contributed by atoms with E-state index in [-0.39, 0.29) is 5.82 Å². The number of thiazole rings is 1. The topological polar surface area (TPSA) is 76.7 Å². The molecule has 2 aromatic rings. The number of aromatic nitrogens is 3. The average molecular weight is 275 g/mol. The van der Waals surface area contributed by atoms with Gasteiger partial charge in [0.25, 0.3) is 0 Å². The van der Waals surface area contributed by atoms with Gasteiger partial charge in [0, 0.05) is 18.6 Å². The molecule has 3 N–H and O–H groups in total. The molecule has 0 spiro atoms. The first-order valence-corrected chi connectivity index (χ1v) is 5.60. The number of alkyl halides is 3. The summed E-state index contributed by atoms with van der Waals surface area (Å²) in [7, 11) is 0. The Morgan fingerprint density at radius 3 is 2.39 bits per heavy atom. The summed E-state index contributed by atoms with van der Waals surface area (Å²) in [5, 5.41) is -0.923. The summed E-state index contributed by atoms with van der Waals surface area (Å²) in [5.41, 5.74) is 2.38. The predicted octanol–water partition coefficient (Wildman–Crippen LogP) is 1.50. The van der Waals surface area contributed by atoms with Crippen LogP contribution in [0.5, 0.6) is 0 Å². The monoisotopic (exact) mass is 275 g/mol. The molecule has 5 nitrogen and oxygen atoms in total. The number of nitrogens with two attached hydrogens (primary N) is 1. The SMILES string of the molecule is NNC(c1ncccn1)c1cnc(C(F)(F)F)s1. The lowest BCUT2D eigenvalue weighted by Gasteiger charge is -2.11. The summed E-state index contributed by atoms with van der Waals surface area (Å²) in [6, 6.07) is 0.894. The highest BCUT2D eigenvalue weighted by Crippen LogP contribution is 2.35. The van der Waals surface area contributed by atoms with Crippen molar-refractivity contribution in [3.05, 3.63) is 40.4 Å². The van der Waals surface area contributed by atoms with Gasteiger partial charge in [0.05, 0.1) is 4.88 Å². The largest absolute Gasteiger partial charge is 0.443 e. The maximum Gasteiger partial charge on any atom is 0.443 e. The Balaban J connectivity index is 2.32. The second-order valence-corrected chi connectivity index (χ2v) is 4.33. The van der Waals surface area contributed by atoms with Gasteiger partial charge in [0.2, 0.25) is 0 Å². The molecule has 0 bridgehead atoms. The van der Waals surface area contributed by atoms with Gasteiger partial charge in [-0.2, -0.15) is 13.2 Å². The highest BCUT2D eigenvalue weighted by atomic mass is 32.1. The Morgan fingerprint density at radius 2 is 1.89 bits per heavy atom. The molecule has 18 heavy (non-hydrogen) atoms. The number of nitrogens with zero attached hydrogens (tertiary/aromatic N) is 3. The van der Waals surface area contributed by atoms with Crippen molar-refractivity contribution in [2.24, 2.45) is 5.84 Å². The zero-order valence-electron chi connectivity index (χ0n) is 8.85. The third-order valence-electron chi connectivity index (χ3n) is 2.06. The molecule has 1 unspecified atom stereocenters. The molecule has 2 aromatic heterocycles. The maximum absolute atomic E-state index is 12.4. The zero-order valence-corrected chi connectivity index (χ0v) is 9.66. The van der Waals surface area contributed by atoms with Crippen LogP contribution in [0.4, 0.5) is 13.2 Å². The summed E-state index contributed by atoms with van der Waals surface area (Å²) < 4.78 is 37.3. The number of rotatable bonds is 3. The molecule has 1 atom stereocenters. The van der Waals surface area contributed by atoms with Gasteiger partial charge >= 0.3 is 6.18 Å². The van der Waals surface area contributed by atoms with Crippen molar-refractivity contribution in [3.8, 4) is 0 Å². The van der Waals surface area contributed by atoms with Crippen molar-refractivity contribution in [1.82, 2.24) is 20.4 Å². The number of hydrogen-bond donors (Lipinski definition) is 2. The van der Waals surface area contributed by atoms with E-state index in [0.717, 1.165) is 6.20 Å². The van der Waals surface area contributed by atoms with Crippen LogP contribution in [-0.4, -0.2) is 15.0 Å². The average Bonchev–Trinajstić information content (AvgIpc) is 2.81. The standard InChI is InChI=1S/C9H8F3N5S/c10-9(11,12)8-16-4-5(18-8)6(17-13)7-14-2-1-3-15-7/h1-4,6,17H,13H2. The van der Waals surface area contributed by atoms with E-state index in [1.54, 1.807) is 6.07 Å².